The van der Waals surface area contributed by atoms with Crippen molar-refractivity contribution in [2.24, 2.45) is 0 Å². The summed E-state index contributed by atoms with van der Waals surface area (Å²) in [6.07, 6.45) is 0. The van der Waals surface area contributed by atoms with E-state index in [0.29, 0.717) is 5.56 Å². The maximum Gasteiger partial charge on any atom is 0.271 e. The smallest absolute Gasteiger partial charge is 0.271 e. The summed E-state index contributed by atoms with van der Waals surface area (Å²) in [6.45, 7) is 0. The Morgan fingerprint density at radius 2 is 2.05 bits per heavy atom. The van der Waals surface area contributed by atoms with Crippen molar-refractivity contribution in [3.63, 3.8) is 0 Å². The molecule has 0 bridgehead atoms. The van der Waals surface area contributed by atoms with Crippen molar-refractivity contribution in [1.82, 2.24) is 0 Å². The number of phenolic OH excluding ortho intramolecular Hbond substituents is 1. The van der Waals surface area contributed by atoms with Crippen LogP contribution in [0.3, 0.4) is 0 Å². The Balaban J connectivity index is 2.29. The molecule has 104 valence electrons. The zero-order valence-electron chi connectivity index (χ0n) is 10.6. The molecule has 0 saturated carbocycles. The van der Waals surface area contributed by atoms with Crippen molar-refractivity contribution in [2.45, 2.75) is 0 Å². The normalized spacial score (nSPS) is 9.67. The van der Waals surface area contributed by atoms with Crippen LogP contribution in [0, 0.1) is 21.4 Å². The summed E-state index contributed by atoms with van der Waals surface area (Å²) in [6, 6.07) is 11.2. The van der Waals surface area contributed by atoms with Gasteiger partial charge in [-0.2, -0.15) is 5.26 Å². The SMILES string of the molecule is N#Cc1cccc(C(=O)Nc2cc([N+](=O)[O-])ccc2O)c1. The molecule has 2 aromatic carbocycles. The lowest BCUT2D eigenvalue weighted by Gasteiger charge is -2.07. The number of nitriles is 1. The number of amides is 1. The Morgan fingerprint density at radius 3 is 2.71 bits per heavy atom. The zero-order valence-corrected chi connectivity index (χ0v) is 10.6. The van der Waals surface area contributed by atoms with Crippen LogP contribution in [0.4, 0.5) is 11.4 Å². The van der Waals surface area contributed by atoms with Crippen LogP contribution in [0.1, 0.15) is 15.9 Å². The first-order valence-electron chi connectivity index (χ1n) is 5.80. The van der Waals surface area contributed by atoms with Crippen molar-refractivity contribution in [2.75, 3.05) is 5.32 Å². The summed E-state index contributed by atoms with van der Waals surface area (Å²) in [5.41, 5.74) is 0.191. The van der Waals surface area contributed by atoms with E-state index in [1.54, 1.807) is 12.1 Å². The number of carbonyl (C=O) groups is 1. The predicted octanol–water partition coefficient (Wildman–Crippen LogP) is 2.42. The third-order valence-corrected chi connectivity index (χ3v) is 2.69. The molecule has 21 heavy (non-hydrogen) atoms. The van der Waals surface area contributed by atoms with Crippen LogP contribution >= 0.6 is 0 Å². The topological polar surface area (TPSA) is 116 Å². The monoisotopic (exact) mass is 283 g/mol. The number of benzene rings is 2. The molecule has 2 rings (SSSR count). The van der Waals surface area contributed by atoms with Gasteiger partial charge >= 0.3 is 0 Å². The molecule has 0 radical (unpaired) electrons. The van der Waals surface area contributed by atoms with Gasteiger partial charge < -0.3 is 10.4 Å². The van der Waals surface area contributed by atoms with Crippen molar-refractivity contribution < 1.29 is 14.8 Å². The Labute approximate surface area is 119 Å². The molecule has 0 unspecified atom stereocenters. The molecule has 0 aliphatic heterocycles. The molecule has 7 heteroatoms. The molecule has 2 aromatic rings. The van der Waals surface area contributed by atoms with Crippen molar-refractivity contribution in [1.29, 1.82) is 5.26 Å². The van der Waals surface area contributed by atoms with Gasteiger partial charge in [-0.3, -0.25) is 14.9 Å². The summed E-state index contributed by atoms with van der Waals surface area (Å²) < 4.78 is 0. The van der Waals surface area contributed by atoms with Crippen molar-refractivity contribution in [3.05, 3.63) is 63.7 Å². The number of nitrogens with one attached hydrogen (secondary N) is 1. The number of aromatic hydroxyl groups is 1. The number of nitro benzene ring substituents is 1. The van der Waals surface area contributed by atoms with Crippen LogP contribution in [-0.4, -0.2) is 15.9 Å². The van der Waals surface area contributed by atoms with Crippen LogP contribution in [0.15, 0.2) is 42.5 Å². The minimum atomic E-state index is -0.634. The number of phenols is 1. The molecular weight excluding hydrogens is 274 g/mol. The number of non-ortho nitro benzene ring substituents is 1. The van der Waals surface area contributed by atoms with E-state index in [4.69, 9.17) is 5.26 Å². The van der Waals surface area contributed by atoms with Gasteiger partial charge in [0.1, 0.15) is 5.75 Å². The fourth-order valence-electron chi connectivity index (χ4n) is 1.66. The maximum atomic E-state index is 12.0. The largest absolute Gasteiger partial charge is 0.506 e. The molecule has 0 aliphatic rings. The van der Waals surface area contributed by atoms with Crippen molar-refractivity contribution >= 4 is 17.3 Å². The third kappa shape index (κ3) is 3.13. The van der Waals surface area contributed by atoms with Crippen LogP contribution in [0.5, 0.6) is 5.75 Å². The fraction of sp³-hybridized carbons (Fsp3) is 0. The van der Waals surface area contributed by atoms with E-state index in [0.717, 1.165) is 18.2 Å². The first-order valence-corrected chi connectivity index (χ1v) is 5.80. The Morgan fingerprint density at radius 1 is 1.29 bits per heavy atom. The number of hydrogen-bond donors (Lipinski definition) is 2. The van der Waals surface area contributed by atoms with Crippen LogP contribution in [0.2, 0.25) is 0 Å². The van der Waals surface area contributed by atoms with Gasteiger partial charge in [0, 0.05) is 17.7 Å². The highest BCUT2D eigenvalue weighted by atomic mass is 16.6. The Kier molecular flexibility index (Phi) is 3.81. The van der Waals surface area contributed by atoms with Gasteiger partial charge in [0.15, 0.2) is 0 Å². The van der Waals surface area contributed by atoms with Crippen molar-refractivity contribution in [3.8, 4) is 11.8 Å². The number of nitrogens with zero attached hydrogens (tertiary/aromatic N) is 2. The number of rotatable bonds is 3. The van der Waals surface area contributed by atoms with Gasteiger partial charge in [0.2, 0.25) is 0 Å². The lowest BCUT2D eigenvalue weighted by atomic mass is 10.1. The number of nitro groups is 1. The first-order chi connectivity index (χ1) is 10.0. The maximum absolute atomic E-state index is 12.0. The first kappa shape index (κ1) is 14.0. The highest BCUT2D eigenvalue weighted by Crippen LogP contribution is 2.28. The van der Waals surface area contributed by atoms with Crippen LogP contribution < -0.4 is 5.32 Å². The van der Waals surface area contributed by atoms with Gasteiger partial charge in [-0.05, 0) is 24.3 Å². The zero-order chi connectivity index (χ0) is 15.4. The lowest BCUT2D eigenvalue weighted by Crippen LogP contribution is -2.12. The second kappa shape index (κ2) is 5.71. The highest BCUT2D eigenvalue weighted by Gasteiger charge is 2.14. The van der Waals surface area contributed by atoms with E-state index in [-0.39, 0.29) is 22.7 Å². The standard InChI is InChI=1S/C14H9N3O4/c15-8-9-2-1-3-10(6-9)14(19)16-12-7-11(17(20)21)4-5-13(12)18/h1-7,18H,(H,16,19). The molecule has 0 spiro atoms. The molecular formula is C14H9N3O4. The van der Waals surface area contributed by atoms with Gasteiger partial charge in [-0.15, -0.1) is 0 Å². The van der Waals surface area contributed by atoms with Gasteiger partial charge in [-0.1, -0.05) is 6.07 Å². The minimum Gasteiger partial charge on any atom is -0.506 e. The van der Waals surface area contributed by atoms with Gasteiger partial charge in [-0.25, -0.2) is 0 Å². The summed E-state index contributed by atoms with van der Waals surface area (Å²) in [4.78, 5) is 22.1. The van der Waals surface area contributed by atoms with Crippen LogP contribution in [0.25, 0.3) is 0 Å². The summed E-state index contributed by atoms with van der Waals surface area (Å²) in [7, 11) is 0. The number of anilines is 1. The molecule has 0 saturated heterocycles. The van der Waals surface area contributed by atoms with E-state index in [1.807, 2.05) is 6.07 Å². The average molecular weight is 283 g/mol. The second-order valence-corrected chi connectivity index (χ2v) is 4.11. The molecule has 7 nitrogen and oxygen atoms in total. The van der Waals surface area contributed by atoms with E-state index in [1.165, 1.54) is 12.1 Å². The summed E-state index contributed by atoms with van der Waals surface area (Å²) in [5, 5.41) is 31.5. The molecule has 0 aromatic heterocycles. The minimum absolute atomic E-state index is 0.0726. The molecule has 0 fully saturated rings. The Bertz CT molecular complexity index is 765. The summed E-state index contributed by atoms with van der Waals surface area (Å²) >= 11 is 0. The van der Waals surface area contributed by atoms with Crippen LogP contribution in [-0.2, 0) is 0 Å². The van der Waals surface area contributed by atoms with Gasteiger partial charge in [0.25, 0.3) is 11.6 Å². The molecule has 0 aliphatic carbocycles. The number of hydrogen-bond acceptors (Lipinski definition) is 5. The highest BCUT2D eigenvalue weighted by molar-refractivity contribution is 6.05. The van der Waals surface area contributed by atoms with E-state index in [9.17, 15) is 20.0 Å². The summed E-state index contributed by atoms with van der Waals surface area (Å²) in [5.74, 6) is -0.867. The quantitative estimate of drug-likeness (QED) is 0.509. The molecule has 2 N–H and O–H groups in total. The number of carbonyl (C=O) groups excluding carboxylic acids is 1. The molecule has 1 amide bonds. The average Bonchev–Trinajstić information content (AvgIpc) is 2.49. The predicted molar refractivity (Wildman–Crippen MR) is 73.9 cm³/mol. The van der Waals surface area contributed by atoms with E-state index >= 15 is 0 Å². The van der Waals surface area contributed by atoms with Gasteiger partial charge in [0.05, 0.1) is 22.2 Å². The fourth-order valence-corrected chi connectivity index (χ4v) is 1.66. The molecule has 0 atom stereocenters. The second-order valence-electron chi connectivity index (χ2n) is 4.11. The van der Waals surface area contributed by atoms with E-state index in [2.05, 4.69) is 5.32 Å². The lowest BCUT2D eigenvalue weighted by molar-refractivity contribution is -0.384. The Hall–Kier alpha value is -3.40. The molecule has 0 heterocycles. The van der Waals surface area contributed by atoms with E-state index < -0.39 is 10.8 Å². The third-order valence-electron chi connectivity index (χ3n) is 2.69.